The lowest BCUT2D eigenvalue weighted by Gasteiger charge is -2.34. The number of nitrogens with zero attached hydrogens (tertiary/aromatic N) is 4. The highest BCUT2D eigenvalue weighted by atomic mass is 32.2. The molecule has 3 heterocycles. The van der Waals surface area contributed by atoms with Crippen molar-refractivity contribution in [2.75, 3.05) is 45.1 Å². The number of piperazine rings is 1. The van der Waals surface area contributed by atoms with E-state index in [9.17, 15) is 13.2 Å². The molecule has 156 valence electrons. The average Bonchev–Trinajstić information content (AvgIpc) is 3.17. The number of benzene rings is 1. The first kappa shape index (κ1) is 20.0. The molecule has 1 aromatic carbocycles. The summed E-state index contributed by atoms with van der Waals surface area (Å²) in [7, 11) is -3.67. The molecule has 0 unspecified atom stereocenters. The minimum Gasteiger partial charge on any atom is -0.486 e. The molecule has 2 aromatic rings. The fourth-order valence-corrected chi connectivity index (χ4v) is 5.30. The number of fused-ring (bicyclic) bond motifs is 1. The van der Waals surface area contributed by atoms with Crippen LogP contribution in [-0.2, 0) is 14.8 Å². The van der Waals surface area contributed by atoms with E-state index in [0.717, 1.165) is 0 Å². The van der Waals surface area contributed by atoms with Crippen molar-refractivity contribution >= 4 is 27.7 Å². The maximum Gasteiger partial charge on any atom is 0.243 e. The highest BCUT2D eigenvalue weighted by molar-refractivity contribution is 7.99. The van der Waals surface area contributed by atoms with Gasteiger partial charge in [-0.25, -0.2) is 13.4 Å². The van der Waals surface area contributed by atoms with Gasteiger partial charge in [-0.3, -0.25) is 9.89 Å². The highest BCUT2D eigenvalue weighted by Crippen LogP contribution is 2.33. The van der Waals surface area contributed by atoms with Crippen molar-refractivity contribution in [3.8, 4) is 11.5 Å². The molecule has 29 heavy (non-hydrogen) atoms. The van der Waals surface area contributed by atoms with Gasteiger partial charge in [-0.05, 0) is 19.1 Å². The number of aromatic amines is 1. The van der Waals surface area contributed by atoms with Crippen molar-refractivity contribution in [3.63, 3.8) is 0 Å². The van der Waals surface area contributed by atoms with Gasteiger partial charge in [0.2, 0.25) is 21.1 Å². The molecule has 1 fully saturated rings. The fourth-order valence-electron chi connectivity index (χ4n) is 3.12. The van der Waals surface area contributed by atoms with E-state index in [4.69, 9.17) is 9.47 Å². The summed E-state index contributed by atoms with van der Waals surface area (Å²) in [6.07, 6.45) is 0. The van der Waals surface area contributed by atoms with Gasteiger partial charge in [-0.15, -0.1) is 5.10 Å². The van der Waals surface area contributed by atoms with Gasteiger partial charge in [0.25, 0.3) is 0 Å². The van der Waals surface area contributed by atoms with Crippen LogP contribution in [0.4, 0.5) is 0 Å². The van der Waals surface area contributed by atoms with Crippen LogP contribution in [0.5, 0.6) is 11.5 Å². The van der Waals surface area contributed by atoms with Gasteiger partial charge in [-0.1, -0.05) is 11.8 Å². The normalized spacial score (nSPS) is 17.3. The van der Waals surface area contributed by atoms with E-state index in [0.29, 0.717) is 48.8 Å². The van der Waals surface area contributed by atoms with Crippen LogP contribution in [0.15, 0.2) is 28.3 Å². The van der Waals surface area contributed by atoms with Crippen LogP contribution < -0.4 is 9.47 Å². The average molecular weight is 440 g/mol. The number of thioether (sulfide) groups is 1. The molecule has 2 aliphatic rings. The minimum absolute atomic E-state index is 0.0613. The molecule has 1 amide bonds. The third-order valence-electron chi connectivity index (χ3n) is 4.64. The van der Waals surface area contributed by atoms with Crippen molar-refractivity contribution < 1.29 is 22.7 Å². The molecular weight excluding hydrogens is 418 g/mol. The number of hydrogen-bond acceptors (Lipinski definition) is 8. The highest BCUT2D eigenvalue weighted by Gasteiger charge is 2.31. The van der Waals surface area contributed by atoms with E-state index < -0.39 is 10.0 Å². The Morgan fingerprint density at radius 1 is 1.17 bits per heavy atom. The van der Waals surface area contributed by atoms with Gasteiger partial charge in [-0.2, -0.15) is 4.31 Å². The predicted octanol–water partition coefficient (Wildman–Crippen LogP) is 0.510. The largest absolute Gasteiger partial charge is 0.486 e. The quantitative estimate of drug-likeness (QED) is 0.670. The van der Waals surface area contributed by atoms with E-state index >= 15 is 0 Å². The summed E-state index contributed by atoms with van der Waals surface area (Å²) in [5.41, 5.74) is 0. The monoisotopic (exact) mass is 439 g/mol. The number of ether oxygens (including phenoxy) is 2. The van der Waals surface area contributed by atoms with Crippen LogP contribution in [0.1, 0.15) is 5.82 Å². The molecule has 0 radical (unpaired) electrons. The Morgan fingerprint density at radius 3 is 2.59 bits per heavy atom. The number of aryl methyl sites for hydroxylation is 1. The van der Waals surface area contributed by atoms with Crippen LogP contribution in [0.2, 0.25) is 0 Å². The fraction of sp³-hybridized carbons (Fsp3) is 0.471. The van der Waals surface area contributed by atoms with E-state index in [1.54, 1.807) is 17.9 Å². The zero-order valence-electron chi connectivity index (χ0n) is 15.8. The third kappa shape index (κ3) is 4.33. The Hall–Kier alpha value is -2.31. The van der Waals surface area contributed by atoms with Gasteiger partial charge >= 0.3 is 0 Å². The summed E-state index contributed by atoms with van der Waals surface area (Å²) in [4.78, 5) is 18.4. The van der Waals surface area contributed by atoms with Crippen molar-refractivity contribution in [2.24, 2.45) is 0 Å². The molecule has 0 spiro atoms. The van der Waals surface area contributed by atoms with Gasteiger partial charge in [0.1, 0.15) is 19.0 Å². The minimum atomic E-state index is -3.67. The van der Waals surface area contributed by atoms with Crippen LogP contribution >= 0.6 is 11.8 Å². The molecule has 0 aliphatic carbocycles. The molecule has 0 atom stereocenters. The molecule has 0 bridgehead atoms. The number of rotatable bonds is 5. The van der Waals surface area contributed by atoms with E-state index in [2.05, 4.69) is 15.2 Å². The van der Waals surface area contributed by atoms with Crippen LogP contribution in [0.25, 0.3) is 0 Å². The number of carbonyl (C=O) groups is 1. The van der Waals surface area contributed by atoms with Crippen LogP contribution in [-0.4, -0.2) is 83.9 Å². The molecule has 1 saturated heterocycles. The number of nitrogens with one attached hydrogen (secondary N) is 1. The van der Waals surface area contributed by atoms with Gasteiger partial charge in [0.15, 0.2) is 11.5 Å². The Balaban J connectivity index is 1.35. The van der Waals surface area contributed by atoms with Crippen LogP contribution in [0.3, 0.4) is 0 Å². The smallest absolute Gasteiger partial charge is 0.243 e. The number of amides is 1. The molecule has 1 N–H and O–H groups in total. The number of aromatic nitrogens is 3. The van der Waals surface area contributed by atoms with E-state index in [-0.39, 0.29) is 29.6 Å². The maximum absolute atomic E-state index is 13.0. The Labute approximate surface area is 172 Å². The van der Waals surface area contributed by atoms with Gasteiger partial charge in [0.05, 0.1) is 10.6 Å². The summed E-state index contributed by atoms with van der Waals surface area (Å²) >= 11 is 1.26. The third-order valence-corrected chi connectivity index (χ3v) is 7.37. The summed E-state index contributed by atoms with van der Waals surface area (Å²) in [5.74, 6) is 1.83. The standard InChI is InChI=1S/C17H21N5O5S2/c1-12-18-17(20-19-12)28-11-16(23)21-4-6-22(7-5-21)29(24,25)13-2-3-14-15(10-13)27-9-8-26-14/h2-3,10H,4-9,11H2,1H3,(H,18,19,20). The first-order chi connectivity index (χ1) is 13.9. The van der Waals surface area contributed by atoms with E-state index in [1.807, 2.05) is 0 Å². The summed E-state index contributed by atoms with van der Waals surface area (Å²) in [6, 6.07) is 4.63. The first-order valence-corrected chi connectivity index (χ1v) is 11.6. The Morgan fingerprint density at radius 2 is 1.90 bits per heavy atom. The number of hydrogen-bond donors (Lipinski definition) is 1. The SMILES string of the molecule is Cc1nc(SCC(=O)N2CCN(S(=O)(=O)c3ccc4c(c3)OCCO4)CC2)n[nH]1. The molecule has 2 aliphatic heterocycles. The first-order valence-electron chi connectivity index (χ1n) is 9.13. The molecular formula is C17H21N5O5S2. The molecule has 12 heteroatoms. The van der Waals surface area contributed by atoms with E-state index in [1.165, 1.54) is 28.2 Å². The lowest BCUT2D eigenvalue weighted by atomic mass is 10.3. The number of sulfonamides is 1. The van der Waals surface area contributed by atoms with Gasteiger partial charge in [0, 0.05) is 32.2 Å². The zero-order chi connectivity index (χ0) is 20.4. The Kier molecular flexibility index (Phi) is 5.65. The Bertz CT molecular complexity index is 1000. The second-order valence-electron chi connectivity index (χ2n) is 6.58. The van der Waals surface area contributed by atoms with Crippen molar-refractivity contribution in [3.05, 3.63) is 24.0 Å². The van der Waals surface area contributed by atoms with Crippen molar-refractivity contribution in [1.29, 1.82) is 0 Å². The second kappa shape index (κ2) is 8.20. The maximum atomic E-state index is 13.0. The second-order valence-corrected chi connectivity index (χ2v) is 9.46. The number of carbonyl (C=O) groups excluding carboxylic acids is 1. The molecule has 4 rings (SSSR count). The topological polar surface area (TPSA) is 118 Å². The zero-order valence-corrected chi connectivity index (χ0v) is 17.5. The molecule has 10 nitrogen and oxygen atoms in total. The number of H-pyrrole nitrogens is 1. The lowest BCUT2D eigenvalue weighted by Crippen LogP contribution is -2.51. The van der Waals surface area contributed by atoms with Crippen molar-refractivity contribution in [2.45, 2.75) is 17.0 Å². The summed E-state index contributed by atoms with van der Waals surface area (Å²) < 4.78 is 38.3. The predicted molar refractivity (Wildman–Crippen MR) is 105 cm³/mol. The van der Waals surface area contributed by atoms with Crippen LogP contribution in [0, 0.1) is 6.92 Å². The molecule has 0 saturated carbocycles. The summed E-state index contributed by atoms with van der Waals surface area (Å²) in [5, 5.41) is 7.25. The molecule has 1 aromatic heterocycles. The van der Waals surface area contributed by atoms with Gasteiger partial charge < -0.3 is 14.4 Å². The lowest BCUT2D eigenvalue weighted by molar-refractivity contribution is -0.129. The van der Waals surface area contributed by atoms with Crippen molar-refractivity contribution in [1.82, 2.24) is 24.4 Å². The summed E-state index contributed by atoms with van der Waals surface area (Å²) in [6.45, 7) is 3.80.